The van der Waals surface area contributed by atoms with Gasteiger partial charge in [0.25, 0.3) is 0 Å². The van der Waals surface area contributed by atoms with Crippen molar-refractivity contribution in [1.82, 2.24) is 9.78 Å². The molecule has 5 heteroatoms. The van der Waals surface area contributed by atoms with Crippen LogP contribution in [0.1, 0.15) is 36.4 Å². The zero-order valence-corrected chi connectivity index (χ0v) is 11.8. The fraction of sp³-hybridized carbons (Fsp3) is 0.375. The van der Waals surface area contributed by atoms with Crippen molar-refractivity contribution in [3.05, 3.63) is 41.3 Å². The third-order valence-corrected chi connectivity index (χ3v) is 4.10. The van der Waals surface area contributed by atoms with Gasteiger partial charge < -0.3 is 5.11 Å². The summed E-state index contributed by atoms with van der Waals surface area (Å²) in [5.74, 6) is -1.15. The van der Waals surface area contributed by atoms with E-state index < -0.39 is 5.97 Å². The summed E-state index contributed by atoms with van der Waals surface area (Å²) in [5, 5.41) is 13.6. The van der Waals surface area contributed by atoms with E-state index >= 15 is 0 Å². The summed E-state index contributed by atoms with van der Waals surface area (Å²) in [5.41, 5.74) is 3.49. The lowest BCUT2D eigenvalue weighted by Gasteiger charge is -2.22. The van der Waals surface area contributed by atoms with Crippen LogP contribution in [0.3, 0.4) is 0 Å². The quantitative estimate of drug-likeness (QED) is 0.944. The molecule has 0 spiro atoms. The Labute approximate surface area is 122 Å². The summed E-state index contributed by atoms with van der Waals surface area (Å²) in [4.78, 5) is 11.1. The number of fused-ring (bicyclic) bond motifs is 1. The normalized spacial score (nSPS) is 17.5. The van der Waals surface area contributed by atoms with Gasteiger partial charge in [0.05, 0.1) is 12.1 Å². The number of halogens is 1. The molecule has 0 amide bonds. The van der Waals surface area contributed by atoms with Gasteiger partial charge in [-0.15, -0.1) is 0 Å². The summed E-state index contributed by atoms with van der Waals surface area (Å²) >= 11 is 0. The Morgan fingerprint density at radius 2 is 2.33 bits per heavy atom. The van der Waals surface area contributed by atoms with Crippen LogP contribution in [0.2, 0.25) is 0 Å². The van der Waals surface area contributed by atoms with Crippen molar-refractivity contribution >= 4 is 5.97 Å². The van der Waals surface area contributed by atoms with Crippen LogP contribution in [0.4, 0.5) is 4.39 Å². The van der Waals surface area contributed by atoms with Crippen molar-refractivity contribution in [2.45, 2.75) is 31.6 Å². The van der Waals surface area contributed by atoms with E-state index in [1.807, 2.05) is 17.8 Å². The topological polar surface area (TPSA) is 55.1 Å². The second kappa shape index (κ2) is 5.31. The van der Waals surface area contributed by atoms with E-state index in [1.165, 1.54) is 12.1 Å². The first-order valence-corrected chi connectivity index (χ1v) is 7.09. The molecule has 21 heavy (non-hydrogen) atoms. The first-order valence-electron chi connectivity index (χ1n) is 7.09. The van der Waals surface area contributed by atoms with Crippen molar-refractivity contribution in [2.75, 3.05) is 0 Å². The number of nitrogens with zero attached hydrogens (tertiary/aromatic N) is 2. The Bertz CT molecular complexity index is 694. The molecule has 1 unspecified atom stereocenters. The van der Waals surface area contributed by atoms with Gasteiger partial charge in [0.1, 0.15) is 5.82 Å². The van der Waals surface area contributed by atoms with E-state index in [0.29, 0.717) is 5.56 Å². The number of carboxylic acids is 1. The van der Waals surface area contributed by atoms with Gasteiger partial charge in [-0.2, -0.15) is 5.10 Å². The van der Waals surface area contributed by atoms with E-state index in [1.54, 1.807) is 6.07 Å². The molecule has 1 N–H and O–H groups in total. The SMILES string of the molecule is Cn1nc(-c2cccc(F)c2)c2c1CCCC2CC(=O)O. The summed E-state index contributed by atoms with van der Waals surface area (Å²) in [6, 6.07) is 6.32. The minimum atomic E-state index is -0.804. The minimum absolute atomic E-state index is 0.0433. The Balaban J connectivity index is 2.12. The molecular weight excluding hydrogens is 271 g/mol. The van der Waals surface area contributed by atoms with E-state index in [4.69, 9.17) is 5.11 Å². The van der Waals surface area contributed by atoms with Crippen molar-refractivity contribution < 1.29 is 14.3 Å². The molecular formula is C16H17FN2O2. The van der Waals surface area contributed by atoms with Gasteiger partial charge >= 0.3 is 5.97 Å². The van der Waals surface area contributed by atoms with Crippen LogP contribution >= 0.6 is 0 Å². The fourth-order valence-corrected chi connectivity index (χ4v) is 3.22. The maximum absolute atomic E-state index is 13.5. The molecule has 1 heterocycles. The average molecular weight is 288 g/mol. The molecule has 3 rings (SSSR count). The third kappa shape index (κ3) is 2.55. The predicted octanol–water partition coefficient (Wildman–Crippen LogP) is 3.12. The number of hydrogen-bond donors (Lipinski definition) is 1. The second-order valence-electron chi connectivity index (χ2n) is 5.53. The lowest BCUT2D eigenvalue weighted by molar-refractivity contribution is -0.137. The summed E-state index contributed by atoms with van der Waals surface area (Å²) in [6.45, 7) is 0. The number of rotatable bonds is 3. The predicted molar refractivity (Wildman–Crippen MR) is 76.5 cm³/mol. The standard InChI is InChI=1S/C16H17FN2O2/c1-19-13-7-3-4-10(9-14(20)21)15(13)16(18-19)11-5-2-6-12(17)8-11/h2,5-6,8,10H,3-4,7,9H2,1H3,(H,20,21). The zero-order chi connectivity index (χ0) is 15.0. The van der Waals surface area contributed by atoms with Gasteiger partial charge in [0, 0.05) is 23.9 Å². The van der Waals surface area contributed by atoms with Gasteiger partial charge in [-0.25, -0.2) is 4.39 Å². The van der Waals surface area contributed by atoms with E-state index in [2.05, 4.69) is 5.10 Å². The Morgan fingerprint density at radius 1 is 1.52 bits per heavy atom. The molecule has 0 aliphatic heterocycles. The first kappa shape index (κ1) is 13.8. The van der Waals surface area contributed by atoms with Crippen LogP contribution in [-0.2, 0) is 18.3 Å². The number of benzene rings is 1. The molecule has 1 aromatic heterocycles. The highest BCUT2D eigenvalue weighted by Gasteiger charge is 2.29. The molecule has 1 aliphatic rings. The Hall–Kier alpha value is -2.17. The molecule has 0 radical (unpaired) electrons. The van der Waals surface area contributed by atoms with E-state index in [-0.39, 0.29) is 18.2 Å². The summed E-state index contributed by atoms with van der Waals surface area (Å²) in [6.07, 6.45) is 2.80. The van der Waals surface area contributed by atoms with Gasteiger partial charge in [-0.3, -0.25) is 9.48 Å². The van der Waals surface area contributed by atoms with Crippen LogP contribution in [0.15, 0.2) is 24.3 Å². The molecule has 0 fully saturated rings. The average Bonchev–Trinajstić information content (AvgIpc) is 2.77. The van der Waals surface area contributed by atoms with Crippen LogP contribution < -0.4 is 0 Å². The van der Waals surface area contributed by atoms with Crippen LogP contribution in [0.5, 0.6) is 0 Å². The highest BCUT2D eigenvalue weighted by atomic mass is 19.1. The van der Waals surface area contributed by atoms with Gasteiger partial charge in [0.15, 0.2) is 0 Å². The summed E-state index contributed by atoms with van der Waals surface area (Å²) in [7, 11) is 1.87. The molecule has 4 nitrogen and oxygen atoms in total. The lowest BCUT2D eigenvalue weighted by atomic mass is 9.82. The van der Waals surface area contributed by atoms with Crippen molar-refractivity contribution in [3.8, 4) is 11.3 Å². The zero-order valence-electron chi connectivity index (χ0n) is 11.8. The number of carbonyl (C=O) groups is 1. The number of aliphatic carboxylic acids is 1. The van der Waals surface area contributed by atoms with Gasteiger partial charge in [-0.1, -0.05) is 12.1 Å². The molecule has 110 valence electrons. The van der Waals surface area contributed by atoms with Gasteiger partial charge in [0.2, 0.25) is 0 Å². The van der Waals surface area contributed by atoms with Crippen molar-refractivity contribution in [1.29, 1.82) is 0 Å². The van der Waals surface area contributed by atoms with E-state index in [9.17, 15) is 9.18 Å². The molecule has 1 aromatic carbocycles. The molecule has 2 aromatic rings. The highest BCUT2D eigenvalue weighted by Crippen LogP contribution is 2.40. The molecule has 0 bridgehead atoms. The Kier molecular flexibility index (Phi) is 3.49. The van der Waals surface area contributed by atoms with Crippen LogP contribution in [0.25, 0.3) is 11.3 Å². The molecule has 1 atom stereocenters. The maximum atomic E-state index is 13.5. The number of aromatic nitrogens is 2. The number of aryl methyl sites for hydroxylation is 1. The summed E-state index contributed by atoms with van der Waals surface area (Å²) < 4.78 is 15.3. The van der Waals surface area contributed by atoms with Crippen LogP contribution in [0, 0.1) is 5.82 Å². The second-order valence-corrected chi connectivity index (χ2v) is 5.53. The lowest BCUT2D eigenvalue weighted by Crippen LogP contribution is -2.14. The molecule has 0 saturated carbocycles. The molecule has 1 aliphatic carbocycles. The fourth-order valence-electron chi connectivity index (χ4n) is 3.22. The number of carboxylic acid groups (broad SMARTS) is 1. The first-order chi connectivity index (χ1) is 10.1. The minimum Gasteiger partial charge on any atom is -0.481 e. The maximum Gasteiger partial charge on any atom is 0.303 e. The molecule has 0 saturated heterocycles. The van der Waals surface area contributed by atoms with Crippen LogP contribution in [-0.4, -0.2) is 20.9 Å². The largest absolute Gasteiger partial charge is 0.481 e. The van der Waals surface area contributed by atoms with Gasteiger partial charge in [-0.05, 0) is 37.3 Å². The number of hydrogen-bond acceptors (Lipinski definition) is 2. The highest BCUT2D eigenvalue weighted by molar-refractivity contribution is 5.71. The van der Waals surface area contributed by atoms with Crippen molar-refractivity contribution in [2.24, 2.45) is 7.05 Å². The monoisotopic (exact) mass is 288 g/mol. The van der Waals surface area contributed by atoms with E-state index in [0.717, 1.165) is 36.2 Å². The van der Waals surface area contributed by atoms with Crippen molar-refractivity contribution in [3.63, 3.8) is 0 Å². The smallest absolute Gasteiger partial charge is 0.303 e. The Morgan fingerprint density at radius 3 is 3.05 bits per heavy atom. The third-order valence-electron chi connectivity index (χ3n) is 4.10.